The Kier molecular flexibility index (Phi) is 6.40. The molecule has 1 aromatic heterocycles. The minimum atomic E-state index is -0.566. The molecule has 7 nitrogen and oxygen atoms in total. The molecule has 1 fully saturated rings. The fourth-order valence-corrected chi connectivity index (χ4v) is 3.68. The van der Waals surface area contributed by atoms with E-state index in [1.54, 1.807) is 0 Å². The molecule has 1 aliphatic rings. The number of aromatic nitrogens is 3. The van der Waals surface area contributed by atoms with Crippen LogP contribution in [0.2, 0.25) is 0 Å². The minimum absolute atomic E-state index is 0.114. The second kappa shape index (κ2) is 9.55. The molecule has 2 heterocycles. The number of rotatable bonds is 6. The molecule has 4 rings (SSSR count). The number of anilines is 1. The zero-order valence-electron chi connectivity index (χ0n) is 17.3. The highest BCUT2D eigenvalue weighted by Crippen LogP contribution is 2.24. The molecule has 1 saturated heterocycles. The van der Waals surface area contributed by atoms with E-state index in [0.29, 0.717) is 31.3 Å². The number of H-pyrrole nitrogens is 1. The smallest absolute Gasteiger partial charge is 0.191 e. The molecular weight excluding hydrogens is 400 g/mol. The normalized spacial score (nSPS) is 16.5. The Labute approximate surface area is 179 Å². The van der Waals surface area contributed by atoms with Crippen molar-refractivity contribution in [3.05, 3.63) is 66.0 Å². The molecule has 0 aliphatic carbocycles. The first-order valence-electron chi connectivity index (χ1n) is 10.3. The van der Waals surface area contributed by atoms with Gasteiger partial charge in [0.15, 0.2) is 11.8 Å². The molecule has 0 saturated carbocycles. The minimum Gasteiger partial charge on any atom is -0.367 e. The third-order valence-corrected chi connectivity index (χ3v) is 5.16. The fourth-order valence-electron chi connectivity index (χ4n) is 3.68. The van der Waals surface area contributed by atoms with Crippen LogP contribution in [-0.4, -0.2) is 46.8 Å². The number of hydrogen-bond donors (Lipinski definition) is 3. The Balaban J connectivity index is 1.40. The van der Waals surface area contributed by atoms with Gasteiger partial charge < -0.3 is 15.5 Å². The van der Waals surface area contributed by atoms with Crippen LogP contribution >= 0.6 is 0 Å². The zero-order chi connectivity index (χ0) is 21.6. The summed E-state index contributed by atoms with van der Waals surface area (Å²) in [6.45, 7) is 4.55. The predicted octanol–water partition coefficient (Wildman–Crippen LogP) is 3.08. The molecule has 3 N–H and O–H groups in total. The average molecular weight is 425 g/mol. The lowest BCUT2D eigenvalue weighted by atomic mass is 10.1. The molecule has 3 aromatic rings. The number of nitrogens with zero attached hydrogens (tertiary/aromatic N) is 4. The molecule has 0 amide bonds. The molecule has 1 atom stereocenters. The highest BCUT2D eigenvalue weighted by Gasteiger charge is 2.25. The van der Waals surface area contributed by atoms with Crippen LogP contribution in [0, 0.1) is 11.6 Å². The molecule has 162 valence electrons. The number of halogens is 2. The fraction of sp³-hybridized carbons (Fsp3) is 0.318. The van der Waals surface area contributed by atoms with Crippen molar-refractivity contribution in [1.82, 2.24) is 25.8 Å². The van der Waals surface area contributed by atoms with Gasteiger partial charge in [-0.05, 0) is 37.1 Å². The number of aromatic amines is 1. The maximum atomic E-state index is 14.1. The van der Waals surface area contributed by atoms with E-state index in [1.165, 1.54) is 18.5 Å². The molecule has 0 radical (unpaired) electrons. The van der Waals surface area contributed by atoms with Gasteiger partial charge in [-0.15, -0.1) is 0 Å². The topological polar surface area (TPSA) is 81.2 Å². The lowest BCUT2D eigenvalue weighted by Crippen LogP contribution is -2.44. The summed E-state index contributed by atoms with van der Waals surface area (Å²) in [5.74, 6) is 0.325. The summed E-state index contributed by atoms with van der Waals surface area (Å²) in [5.41, 5.74) is 2.43. The van der Waals surface area contributed by atoms with Crippen molar-refractivity contribution in [1.29, 1.82) is 0 Å². The quantitative estimate of drug-likeness (QED) is 0.418. The zero-order valence-corrected chi connectivity index (χ0v) is 17.3. The van der Waals surface area contributed by atoms with Gasteiger partial charge in [-0.3, -0.25) is 5.10 Å². The van der Waals surface area contributed by atoms with Crippen LogP contribution in [0.25, 0.3) is 11.4 Å². The maximum absolute atomic E-state index is 14.1. The highest BCUT2D eigenvalue weighted by atomic mass is 19.1. The van der Waals surface area contributed by atoms with Crippen molar-refractivity contribution in [2.75, 3.05) is 24.5 Å². The summed E-state index contributed by atoms with van der Waals surface area (Å²) in [7, 11) is 0. The van der Waals surface area contributed by atoms with Gasteiger partial charge in [0.2, 0.25) is 0 Å². The first kappa shape index (κ1) is 20.8. The Hall–Kier alpha value is -3.49. The summed E-state index contributed by atoms with van der Waals surface area (Å²) >= 11 is 0. The number of hydrogen-bond acceptors (Lipinski definition) is 4. The first-order valence-corrected chi connectivity index (χ1v) is 10.3. The van der Waals surface area contributed by atoms with Gasteiger partial charge in [0, 0.05) is 37.3 Å². The van der Waals surface area contributed by atoms with Crippen LogP contribution in [0.3, 0.4) is 0 Å². The average Bonchev–Trinajstić information content (AvgIpc) is 3.45. The van der Waals surface area contributed by atoms with Gasteiger partial charge in [0.25, 0.3) is 0 Å². The van der Waals surface area contributed by atoms with Crippen molar-refractivity contribution in [3.8, 4) is 11.4 Å². The number of guanidine groups is 1. The van der Waals surface area contributed by atoms with E-state index >= 15 is 0 Å². The van der Waals surface area contributed by atoms with E-state index in [4.69, 9.17) is 4.99 Å². The van der Waals surface area contributed by atoms with Crippen molar-refractivity contribution >= 4 is 11.6 Å². The second-order valence-electron chi connectivity index (χ2n) is 7.40. The predicted molar refractivity (Wildman–Crippen MR) is 117 cm³/mol. The summed E-state index contributed by atoms with van der Waals surface area (Å²) in [6, 6.07) is 11.8. The van der Waals surface area contributed by atoms with Crippen molar-refractivity contribution in [2.24, 2.45) is 4.99 Å². The molecular formula is C22H25F2N7. The lowest BCUT2D eigenvalue weighted by Gasteiger charge is -2.21. The molecule has 9 heteroatoms. The molecule has 0 spiro atoms. The molecule has 1 unspecified atom stereocenters. The first-order chi connectivity index (χ1) is 15.1. The van der Waals surface area contributed by atoms with Crippen LogP contribution in [0.4, 0.5) is 14.5 Å². The summed E-state index contributed by atoms with van der Waals surface area (Å²) in [5, 5.41) is 13.5. The van der Waals surface area contributed by atoms with Crippen LogP contribution in [0.15, 0.2) is 53.8 Å². The van der Waals surface area contributed by atoms with Crippen LogP contribution < -0.4 is 15.5 Å². The van der Waals surface area contributed by atoms with E-state index in [2.05, 4.69) is 25.8 Å². The Morgan fingerprint density at radius 3 is 2.94 bits per heavy atom. The maximum Gasteiger partial charge on any atom is 0.191 e. The molecule has 2 aromatic carbocycles. The van der Waals surface area contributed by atoms with Crippen LogP contribution in [0.5, 0.6) is 0 Å². The number of nitrogens with one attached hydrogen (secondary N) is 3. The van der Waals surface area contributed by atoms with Gasteiger partial charge >= 0.3 is 0 Å². The lowest BCUT2D eigenvalue weighted by molar-refractivity contribution is 0.580. The van der Waals surface area contributed by atoms with Gasteiger partial charge in [-0.2, -0.15) is 5.10 Å². The highest BCUT2D eigenvalue weighted by molar-refractivity contribution is 5.80. The van der Waals surface area contributed by atoms with Crippen molar-refractivity contribution in [3.63, 3.8) is 0 Å². The Bertz CT molecular complexity index is 1040. The van der Waals surface area contributed by atoms with E-state index in [0.717, 1.165) is 36.0 Å². The number of benzene rings is 2. The monoisotopic (exact) mass is 425 g/mol. The molecule has 1 aliphatic heterocycles. The second-order valence-corrected chi connectivity index (χ2v) is 7.40. The number of aliphatic imine (C=N–C) groups is 1. The third-order valence-electron chi connectivity index (χ3n) is 5.16. The van der Waals surface area contributed by atoms with Gasteiger partial charge in [0.1, 0.15) is 18.0 Å². The van der Waals surface area contributed by atoms with E-state index < -0.39 is 11.6 Å². The standard InChI is InChI=1S/C22H25F2N7/c1-2-25-22(26-12-15-4-3-5-16(10-15)21-27-14-28-30-21)29-18-8-9-31(13-18)20-7-6-17(23)11-19(20)24/h3-7,10-11,14,18H,2,8-9,12-13H2,1H3,(H2,25,26,29)(H,27,28,30). The van der Waals surface area contributed by atoms with Gasteiger partial charge in [0.05, 0.1) is 12.2 Å². The summed E-state index contributed by atoms with van der Waals surface area (Å²) in [4.78, 5) is 10.8. The van der Waals surface area contributed by atoms with Crippen molar-refractivity contribution < 1.29 is 8.78 Å². The molecule has 0 bridgehead atoms. The van der Waals surface area contributed by atoms with Gasteiger partial charge in [-0.1, -0.05) is 18.2 Å². The largest absolute Gasteiger partial charge is 0.367 e. The van der Waals surface area contributed by atoms with Crippen LogP contribution in [-0.2, 0) is 6.54 Å². The summed E-state index contributed by atoms with van der Waals surface area (Å²) < 4.78 is 27.3. The Morgan fingerprint density at radius 1 is 1.26 bits per heavy atom. The van der Waals surface area contributed by atoms with E-state index in [1.807, 2.05) is 36.1 Å². The summed E-state index contributed by atoms with van der Waals surface area (Å²) in [6.07, 6.45) is 2.32. The van der Waals surface area contributed by atoms with E-state index in [9.17, 15) is 8.78 Å². The van der Waals surface area contributed by atoms with E-state index in [-0.39, 0.29) is 6.04 Å². The van der Waals surface area contributed by atoms with Crippen LogP contribution in [0.1, 0.15) is 18.9 Å². The third kappa shape index (κ3) is 5.17. The molecule has 31 heavy (non-hydrogen) atoms. The Morgan fingerprint density at radius 2 is 2.16 bits per heavy atom. The van der Waals surface area contributed by atoms with Gasteiger partial charge in [-0.25, -0.2) is 18.8 Å². The SMILES string of the molecule is CCNC(=NCc1cccc(-c2ncn[nH]2)c1)NC1CCN(c2ccc(F)cc2F)C1. The van der Waals surface area contributed by atoms with Crippen molar-refractivity contribution in [2.45, 2.75) is 25.9 Å².